The van der Waals surface area contributed by atoms with Gasteiger partial charge < -0.3 is 14.6 Å². The molecule has 0 heterocycles. The van der Waals surface area contributed by atoms with E-state index >= 15 is 0 Å². The molecule has 3 heteroatoms. The first kappa shape index (κ1) is 10.2. The number of aliphatic hydroxyl groups is 1. The van der Waals surface area contributed by atoms with Crippen LogP contribution in [-0.2, 0) is 22.7 Å². The second kappa shape index (κ2) is 5.70. The predicted octanol–water partition coefficient (Wildman–Crippen LogP) is 1.30. The summed E-state index contributed by atoms with van der Waals surface area (Å²) in [6.45, 7) is 0.931. The molecule has 13 heavy (non-hydrogen) atoms. The van der Waals surface area contributed by atoms with Gasteiger partial charge in [0.15, 0.2) is 0 Å². The minimum Gasteiger partial charge on any atom is -0.392 e. The Labute approximate surface area is 77.9 Å². The average molecular weight is 182 g/mol. The van der Waals surface area contributed by atoms with Gasteiger partial charge in [-0.2, -0.15) is 0 Å². The third-order valence-corrected chi connectivity index (χ3v) is 1.68. The van der Waals surface area contributed by atoms with Gasteiger partial charge >= 0.3 is 0 Å². The summed E-state index contributed by atoms with van der Waals surface area (Å²) >= 11 is 0. The van der Waals surface area contributed by atoms with Crippen LogP contribution in [0.1, 0.15) is 11.1 Å². The highest BCUT2D eigenvalue weighted by atomic mass is 16.7. The van der Waals surface area contributed by atoms with Crippen LogP contribution in [0.3, 0.4) is 0 Å². The molecule has 0 fully saturated rings. The van der Waals surface area contributed by atoms with E-state index in [-0.39, 0.29) is 6.61 Å². The summed E-state index contributed by atoms with van der Waals surface area (Å²) in [5.41, 5.74) is 1.99. The van der Waals surface area contributed by atoms with Crippen LogP contribution in [0.15, 0.2) is 24.3 Å². The van der Waals surface area contributed by atoms with E-state index in [1.54, 1.807) is 7.11 Å². The predicted molar refractivity (Wildman–Crippen MR) is 49.0 cm³/mol. The highest BCUT2D eigenvalue weighted by Gasteiger charge is 1.93. The molecule has 1 rings (SSSR count). The zero-order chi connectivity index (χ0) is 9.52. The second-order valence-corrected chi connectivity index (χ2v) is 2.73. The summed E-state index contributed by atoms with van der Waals surface area (Å²) in [5, 5.41) is 8.79. The van der Waals surface area contributed by atoms with Gasteiger partial charge in [-0.05, 0) is 11.1 Å². The fourth-order valence-electron chi connectivity index (χ4n) is 0.984. The van der Waals surface area contributed by atoms with Crippen molar-refractivity contribution in [2.24, 2.45) is 0 Å². The Hall–Kier alpha value is -0.900. The molecule has 0 atom stereocenters. The lowest BCUT2D eigenvalue weighted by Crippen LogP contribution is -1.96. The summed E-state index contributed by atoms with van der Waals surface area (Å²) in [6, 6.07) is 7.62. The fourth-order valence-corrected chi connectivity index (χ4v) is 0.984. The van der Waals surface area contributed by atoms with Crippen LogP contribution in [0.5, 0.6) is 0 Å². The van der Waals surface area contributed by atoms with E-state index in [0.717, 1.165) is 11.1 Å². The number of hydrogen-bond acceptors (Lipinski definition) is 3. The van der Waals surface area contributed by atoms with Crippen molar-refractivity contribution in [3.63, 3.8) is 0 Å². The molecule has 0 amide bonds. The van der Waals surface area contributed by atoms with Gasteiger partial charge in [0.05, 0.1) is 13.2 Å². The monoisotopic (exact) mass is 182 g/mol. The van der Waals surface area contributed by atoms with Crippen molar-refractivity contribution in [1.82, 2.24) is 0 Å². The summed E-state index contributed by atoms with van der Waals surface area (Å²) in [7, 11) is 1.59. The Morgan fingerprint density at radius 3 is 2.31 bits per heavy atom. The number of aliphatic hydroxyl groups excluding tert-OH is 1. The van der Waals surface area contributed by atoms with Crippen molar-refractivity contribution in [1.29, 1.82) is 0 Å². The topological polar surface area (TPSA) is 38.7 Å². The van der Waals surface area contributed by atoms with Crippen molar-refractivity contribution in [3.8, 4) is 0 Å². The lowest BCUT2D eigenvalue weighted by Gasteiger charge is -2.03. The number of hydrogen-bond donors (Lipinski definition) is 1. The van der Waals surface area contributed by atoms with Gasteiger partial charge in [-0.3, -0.25) is 0 Å². The largest absolute Gasteiger partial charge is 0.392 e. The normalized spacial score (nSPS) is 10.3. The molecule has 0 unspecified atom stereocenters. The molecule has 0 saturated heterocycles. The van der Waals surface area contributed by atoms with Crippen LogP contribution in [0.4, 0.5) is 0 Å². The molecule has 0 saturated carbocycles. The smallest absolute Gasteiger partial charge is 0.146 e. The van der Waals surface area contributed by atoms with E-state index in [4.69, 9.17) is 14.6 Å². The molecule has 0 spiro atoms. The van der Waals surface area contributed by atoms with Crippen molar-refractivity contribution in [3.05, 3.63) is 35.4 Å². The van der Waals surface area contributed by atoms with E-state index in [1.165, 1.54) is 0 Å². The van der Waals surface area contributed by atoms with E-state index < -0.39 is 0 Å². The van der Waals surface area contributed by atoms with Crippen LogP contribution < -0.4 is 0 Å². The summed E-state index contributed by atoms with van der Waals surface area (Å²) in [5.74, 6) is 0. The molecular formula is C10H14O3. The number of rotatable bonds is 5. The van der Waals surface area contributed by atoms with Gasteiger partial charge in [-0.1, -0.05) is 24.3 Å². The zero-order valence-electron chi connectivity index (χ0n) is 7.69. The second-order valence-electron chi connectivity index (χ2n) is 2.73. The quantitative estimate of drug-likeness (QED) is 0.551. The first-order valence-electron chi connectivity index (χ1n) is 4.12. The lowest BCUT2D eigenvalue weighted by atomic mass is 10.1. The van der Waals surface area contributed by atoms with Crippen LogP contribution >= 0.6 is 0 Å². The van der Waals surface area contributed by atoms with Gasteiger partial charge in [-0.25, -0.2) is 0 Å². The maximum Gasteiger partial charge on any atom is 0.146 e. The number of ether oxygens (including phenoxy) is 2. The third-order valence-electron chi connectivity index (χ3n) is 1.68. The van der Waals surface area contributed by atoms with Crippen molar-refractivity contribution < 1.29 is 14.6 Å². The molecule has 0 bridgehead atoms. The Morgan fingerprint density at radius 1 is 1.15 bits per heavy atom. The van der Waals surface area contributed by atoms with Crippen LogP contribution in [0.25, 0.3) is 0 Å². The lowest BCUT2D eigenvalue weighted by molar-refractivity contribution is -0.0390. The van der Waals surface area contributed by atoms with E-state index in [9.17, 15) is 0 Å². The maximum atomic E-state index is 8.79. The van der Waals surface area contributed by atoms with Crippen molar-refractivity contribution >= 4 is 0 Å². The summed E-state index contributed by atoms with van der Waals surface area (Å²) in [6.07, 6.45) is 0. The minimum atomic E-state index is 0.0825. The molecule has 1 N–H and O–H groups in total. The molecule has 0 radical (unpaired) electrons. The van der Waals surface area contributed by atoms with E-state index in [1.807, 2.05) is 24.3 Å². The standard InChI is InChI=1S/C10H14O3/c1-12-8-13-7-10-4-2-9(6-11)3-5-10/h2-5,11H,6-8H2,1H3. The molecule has 0 aliphatic heterocycles. The highest BCUT2D eigenvalue weighted by molar-refractivity contribution is 5.21. The molecule has 0 aliphatic rings. The Morgan fingerprint density at radius 2 is 1.77 bits per heavy atom. The van der Waals surface area contributed by atoms with Crippen LogP contribution in [-0.4, -0.2) is 19.0 Å². The van der Waals surface area contributed by atoms with Gasteiger partial charge in [0.1, 0.15) is 6.79 Å². The van der Waals surface area contributed by atoms with Gasteiger partial charge in [0.25, 0.3) is 0 Å². The minimum absolute atomic E-state index is 0.0825. The number of methoxy groups -OCH3 is 1. The molecule has 0 aromatic heterocycles. The van der Waals surface area contributed by atoms with Gasteiger partial charge in [-0.15, -0.1) is 0 Å². The average Bonchev–Trinajstić information content (AvgIpc) is 2.19. The molecule has 72 valence electrons. The molecule has 3 nitrogen and oxygen atoms in total. The summed E-state index contributed by atoms with van der Waals surface area (Å²) < 4.78 is 9.90. The molecule has 1 aromatic carbocycles. The van der Waals surface area contributed by atoms with E-state index in [2.05, 4.69) is 0 Å². The third kappa shape index (κ3) is 3.55. The SMILES string of the molecule is COCOCc1ccc(CO)cc1. The zero-order valence-corrected chi connectivity index (χ0v) is 7.69. The van der Waals surface area contributed by atoms with Gasteiger partial charge in [0, 0.05) is 7.11 Å². The fraction of sp³-hybridized carbons (Fsp3) is 0.400. The van der Waals surface area contributed by atoms with Crippen LogP contribution in [0, 0.1) is 0 Å². The first-order chi connectivity index (χ1) is 6.36. The Balaban J connectivity index is 2.40. The maximum absolute atomic E-state index is 8.79. The van der Waals surface area contributed by atoms with Crippen molar-refractivity contribution in [2.45, 2.75) is 13.2 Å². The van der Waals surface area contributed by atoms with Crippen molar-refractivity contribution in [2.75, 3.05) is 13.9 Å². The van der Waals surface area contributed by atoms with Gasteiger partial charge in [0.2, 0.25) is 0 Å². The molecule has 0 aliphatic carbocycles. The van der Waals surface area contributed by atoms with Crippen LogP contribution in [0.2, 0.25) is 0 Å². The number of benzene rings is 1. The van der Waals surface area contributed by atoms with E-state index in [0.29, 0.717) is 13.4 Å². The Kier molecular flexibility index (Phi) is 4.46. The highest BCUT2D eigenvalue weighted by Crippen LogP contribution is 2.05. The molecular weight excluding hydrogens is 168 g/mol. The Bertz CT molecular complexity index is 230. The molecule has 1 aromatic rings. The summed E-state index contributed by atoms with van der Waals surface area (Å²) in [4.78, 5) is 0. The first-order valence-corrected chi connectivity index (χ1v) is 4.12.